The Kier molecular flexibility index (Phi) is 10.0. The summed E-state index contributed by atoms with van der Waals surface area (Å²) in [6.07, 6.45) is 4.96. The number of methoxy groups -OCH3 is 1. The summed E-state index contributed by atoms with van der Waals surface area (Å²) in [5.74, 6) is 0.565. The summed E-state index contributed by atoms with van der Waals surface area (Å²) < 4.78 is 12.1. The van der Waals surface area contributed by atoms with Gasteiger partial charge in [0.25, 0.3) is 0 Å². The predicted octanol–water partition coefficient (Wildman–Crippen LogP) is 7.53. The van der Waals surface area contributed by atoms with Crippen LogP contribution in [0, 0.1) is 6.92 Å². The van der Waals surface area contributed by atoms with Gasteiger partial charge in [0.05, 0.1) is 12.7 Å². The van der Waals surface area contributed by atoms with Gasteiger partial charge in [-0.15, -0.1) is 0 Å². The van der Waals surface area contributed by atoms with Crippen molar-refractivity contribution in [3.63, 3.8) is 0 Å². The molecule has 3 rings (SSSR count). The van der Waals surface area contributed by atoms with Crippen molar-refractivity contribution in [1.29, 1.82) is 0 Å². The molecule has 0 saturated carbocycles. The minimum atomic E-state index is -0.499. The summed E-state index contributed by atoms with van der Waals surface area (Å²) >= 11 is 0. The Hall–Kier alpha value is -2.55. The second kappa shape index (κ2) is 12.5. The maximum Gasteiger partial charge on any atom is 0.338 e. The molecule has 0 amide bonds. The predicted molar refractivity (Wildman–Crippen MR) is 133 cm³/mol. The van der Waals surface area contributed by atoms with Gasteiger partial charge in [0.1, 0.15) is 11.4 Å². The number of ether oxygens (including phenoxy) is 2. The van der Waals surface area contributed by atoms with Gasteiger partial charge in [0, 0.05) is 12.3 Å². The van der Waals surface area contributed by atoms with E-state index < -0.39 is 5.60 Å². The van der Waals surface area contributed by atoms with Gasteiger partial charge in [-0.1, -0.05) is 94.3 Å². The van der Waals surface area contributed by atoms with E-state index in [2.05, 4.69) is 69.3 Å². The summed E-state index contributed by atoms with van der Waals surface area (Å²) in [7, 11) is 1.69. The lowest BCUT2D eigenvalue weighted by Crippen LogP contribution is -2.42. The van der Waals surface area contributed by atoms with Crippen molar-refractivity contribution >= 4 is 5.97 Å². The fraction of sp³-hybridized carbons (Fsp3) is 0.483. The normalized spacial score (nSPS) is 19.0. The molecule has 0 aliphatic carbocycles. The van der Waals surface area contributed by atoms with Crippen molar-refractivity contribution in [3.8, 4) is 0 Å². The summed E-state index contributed by atoms with van der Waals surface area (Å²) in [6, 6.07) is 18.8. The molecule has 0 bridgehead atoms. The Balaban J connectivity index is 0.00000176. The largest absolute Gasteiger partial charge is 0.500 e. The zero-order valence-electron chi connectivity index (χ0n) is 20.7. The zero-order valence-corrected chi connectivity index (χ0v) is 20.7. The van der Waals surface area contributed by atoms with Crippen LogP contribution in [0.3, 0.4) is 0 Å². The number of carbonyl (C=O) groups excluding carboxylic acids is 1. The van der Waals surface area contributed by atoms with Crippen LogP contribution in [0.1, 0.15) is 82.4 Å². The van der Waals surface area contributed by atoms with E-state index in [1.54, 1.807) is 7.11 Å². The highest BCUT2D eigenvalue weighted by Crippen LogP contribution is 2.42. The first-order valence-electron chi connectivity index (χ1n) is 12.1. The van der Waals surface area contributed by atoms with Gasteiger partial charge in [0.2, 0.25) is 0 Å². The van der Waals surface area contributed by atoms with Crippen LogP contribution >= 0.6 is 0 Å². The van der Waals surface area contributed by atoms with Gasteiger partial charge in [0.15, 0.2) is 0 Å². The molecule has 3 heteroatoms. The number of cyclic esters (lactones) is 1. The number of benzene rings is 2. The summed E-state index contributed by atoms with van der Waals surface area (Å²) in [6.45, 7) is 10.3. The maximum atomic E-state index is 13.4. The van der Waals surface area contributed by atoms with Crippen LogP contribution in [0.5, 0.6) is 0 Å². The second-order valence-electron chi connectivity index (χ2n) is 8.40. The van der Waals surface area contributed by atoms with E-state index in [0.717, 1.165) is 43.4 Å². The number of rotatable bonds is 9. The fourth-order valence-corrected chi connectivity index (χ4v) is 4.68. The Morgan fingerprint density at radius 2 is 1.75 bits per heavy atom. The second-order valence-corrected chi connectivity index (χ2v) is 8.40. The molecule has 1 heterocycles. The van der Waals surface area contributed by atoms with Crippen molar-refractivity contribution in [3.05, 3.63) is 82.6 Å². The molecule has 1 unspecified atom stereocenters. The lowest BCUT2D eigenvalue weighted by Gasteiger charge is -2.39. The van der Waals surface area contributed by atoms with E-state index in [9.17, 15) is 4.79 Å². The van der Waals surface area contributed by atoms with Crippen LogP contribution in [-0.4, -0.2) is 18.7 Å². The van der Waals surface area contributed by atoms with Gasteiger partial charge in [-0.25, -0.2) is 4.79 Å². The quantitative estimate of drug-likeness (QED) is 0.381. The third kappa shape index (κ3) is 6.25. The minimum Gasteiger partial charge on any atom is -0.500 e. The van der Waals surface area contributed by atoms with Crippen LogP contribution in [0.4, 0.5) is 0 Å². The van der Waals surface area contributed by atoms with Crippen LogP contribution in [0.2, 0.25) is 0 Å². The molecule has 0 saturated heterocycles. The molecule has 0 radical (unpaired) electrons. The van der Waals surface area contributed by atoms with E-state index in [4.69, 9.17) is 9.47 Å². The highest BCUT2D eigenvalue weighted by Gasteiger charge is 2.43. The number of carbonyl (C=O) groups is 1. The van der Waals surface area contributed by atoms with E-state index in [1.165, 1.54) is 11.1 Å². The van der Waals surface area contributed by atoms with Crippen molar-refractivity contribution in [2.45, 2.75) is 84.7 Å². The molecule has 0 spiro atoms. The Morgan fingerprint density at radius 1 is 1.03 bits per heavy atom. The highest BCUT2D eigenvalue weighted by molar-refractivity contribution is 5.92. The molecular formula is C29H40O3. The van der Waals surface area contributed by atoms with Gasteiger partial charge in [-0.3, -0.25) is 0 Å². The standard InChI is InChI=1S/C27H34O3.C2H6/c1-5-16-27(17-15-21-12-8-7-9-13-21)19-24(29-4)25(26(28)30-27)23(6-2)22-14-10-11-20(3)18-22;1-2/h7-14,18,23H,5-6,15-17,19H2,1-4H3;1-2H3/t23?,27-;/m1./s1. The molecule has 0 aromatic heterocycles. The van der Waals surface area contributed by atoms with Crippen molar-refractivity contribution in [2.24, 2.45) is 0 Å². The number of esters is 1. The Labute approximate surface area is 194 Å². The van der Waals surface area contributed by atoms with Crippen LogP contribution in [0.25, 0.3) is 0 Å². The summed E-state index contributed by atoms with van der Waals surface area (Å²) in [5, 5.41) is 0. The SMILES string of the molecule is CC.CCC[C@@]1(CCc2ccccc2)CC(OC)=C(C(CC)c2cccc(C)c2)C(=O)O1. The lowest BCUT2D eigenvalue weighted by atomic mass is 9.79. The molecule has 1 aliphatic heterocycles. The molecule has 0 N–H and O–H groups in total. The molecule has 0 fully saturated rings. The molecule has 2 atom stereocenters. The molecule has 3 nitrogen and oxygen atoms in total. The first kappa shape index (κ1) is 25.7. The summed E-state index contributed by atoms with van der Waals surface area (Å²) in [5.41, 5.74) is 3.80. The van der Waals surface area contributed by atoms with Crippen LogP contribution in [-0.2, 0) is 20.7 Å². The molecule has 2 aromatic carbocycles. The molecule has 174 valence electrons. The molecule has 2 aromatic rings. The van der Waals surface area contributed by atoms with Gasteiger partial charge in [-0.2, -0.15) is 0 Å². The first-order chi connectivity index (χ1) is 15.5. The highest BCUT2D eigenvalue weighted by atomic mass is 16.6. The average Bonchev–Trinajstić information content (AvgIpc) is 2.82. The van der Waals surface area contributed by atoms with E-state index in [1.807, 2.05) is 19.9 Å². The molecule has 1 aliphatic rings. The number of hydrogen-bond donors (Lipinski definition) is 0. The molecule has 32 heavy (non-hydrogen) atoms. The molecular weight excluding hydrogens is 396 g/mol. The average molecular weight is 437 g/mol. The lowest BCUT2D eigenvalue weighted by molar-refractivity contribution is -0.161. The Morgan fingerprint density at radius 3 is 2.34 bits per heavy atom. The van der Waals surface area contributed by atoms with Gasteiger partial charge >= 0.3 is 5.97 Å². The fourth-order valence-electron chi connectivity index (χ4n) is 4.68. The van der Waals surface area contributed by atoms with E-state index in [0.29, 0.717) is 12.0 Å². The third-order valence-electron chi connectivity index (χ3n) is 6.18. The third-order valence-corrected chi connectivity index (χ3v) is 6.18. The van der Waals surface area contributed by atoms with Crippen molar-refractivity contribution in [2.75, 3.05) is 7.11 Å². The number of hydrogen-bond acceptors (Lipinski definition) is 3. The van der Waals surface area contributed by atoms with Crippen LogP contribution < -0.4 is 0 Å². The first-order valence-corrected chi connectivity index (χ1v) is 12.1. The van der Waals surface area contributed by atoms with Crippen LogP contribution in [0.15, 0.2) is 65.9 Å². The minimum absolute atomic E-state index is 0.0129. The smallest absolute Gasteiger partial charge is 0.338 e. The Bertz CT molecular complexity index is 884. The zero-order chi connectivity index (χ0) is 23.6. The van der Waals surface area contributed by atoms with Gasteiger partial charge < -0.3 is 9.47 Å². The number of aryl methyl sites for hydroxylation is 2. The maximum absolute atomic E-state index is 13.4. The van der Waals surface area contributed by atoms with Crippen molar-refractivity contribution in [1.82, 2.24) is 0 Å². The monoisotopic (exact) mass is 436 g/mol. The van der Waals surface area contributed by atoms with Crippen molar-refractivity contribution < 1.29 is 14.3 Å². The topological polar surface area (TPSA) is 35.5 Å². The van der Waals surface area contributed by atoms with Gasteiger partial charge in [-0.05, 0) is 43.7 Å². The van der Waals surface area contributed by atoms with E-state index in [-0.39, 0.29) is 11.9 Å². The van der Waals surface area contributed by atoms with E-state index >= 15 is 0 Å². The summed E-state index contributed by atoms with van der Waals surface area (Å²) in [4.78, 5) is 13.4.